The first-order chi connectivity index (χ1) is 12.7. The number of aromatic nitrogens is 2. The van der Waals surface area contributed by atoms with Crippen molar-refractivity contribution in [2.75, 3.05) is 43.0 Å². The molecule has 6 heteroatoms. The molecule has 1 amide bonds. The van der Waals surface area contributed by atoms with Crippen LogP contribution in [0.15, 0.2) is 48.8 Å². The maximum Gasteiger partial charge on any atom is 0.225 e. The van der Waals surface area contributed by atoms with Gasteiger partial charge in [-0.05, 0) is 37.5 Å². The van der Waals surface area contributed by atoms with E-state index in [1.54, 1.807) is 12.4 Å². The van der Waals surface area contributed by atoms with Crippen LogP contribution in [-0.4, -0.2) is 49.1 Å². The van der Waals surface area contributed by atoms with Gasteiger partial charge in [0.1, 0.15) is 0 Å². The summed E-state index contributed by atoms with van der Waals surface area (Å²) in [4.78, 5) is 25.4. The summed E-state index contributed by atoms with van der Waals surface area (Å²) in [7, 11) is 2.08. The number of carbonyl (C=O) groups excluding carboxylic acids is 1. The standard InChI is InChI=1S/C20H27N5O/c1-24(18-9-3-2-4-10-18)14-7-13-21-19(26)17-8-5-15-25(16-17)20-22-11-6-12-23-20/h2-4,6,9-12,17H,5,7-8,13-16H2,1H3,(H,21,26). The molecule has 1 aromatic heterocycles. The molecule has 1 unspecified atom stereocenters. The van der Waals surface area contributed by atoms with Crippen molar-refractivity contribution in [3.63, 3.8) is 0 Å². The summed E-state index contributed by atoms with van der Waals surface area (Å²) in [6.07, 6.45) is 6.34. The van der Waals surface area contributed by atoms with Crippen molar-refractivity contribution in [1.29, 1.82) is 0 Å². The van der Waals surface area contributed by atoms with E-state index in [4.69, 9.17) is 0 Å². The summed E-state index contributed by atoms with van der Waals surface area (Å²) in [5, 5.41) is 3.10. The largest absolute Gasteiger partial charge is 0.375 e. The maximum atomic E-state index is 12.5. The lowest BCUT2D eigenvalue weighted by Gasteiger charge is -2.32. The predicted octanol–water partition coefficient (Wildman–Crippen LogP) is 2.34. The third-order valence-corrected chi connectivity index (χ3v) is 4.79. The van der Waals surface area contributed by atoms with Crippen LogP contribution < -0.4 is 15.1 Å². The van der Waals surface area contributed by atoms with Crippen molar-refractivity contribution < 1.29 is 4.79 Å². The van der Waals surface area contributed by atoms with E-state index in [1.807, 2.05) is 24.3 Å². The van der Waals surface area contributed by atoms with Crippen LogP contribution in [-0.2, 0) is 4.79 Å². The Morgan fingerprint density at radius 2 is 2.00 bits per heavy atom. The molecule has 3 rings (SSSR count). The molecule has 2 heterocycles. The normalized spacial score (nSPS) is 17.0. The number of anilines is 2. The van der Waals surface area contributed by atoms with E-state index in [9.17, 15) is 4.79 Å². The summed E-state index contributed by atoms with van der Waals surface area (Å²) in [5.74, 6) is 0.877. The Morgan fingerprint density at radius 3 is 2.77 bits per heavy atom. The Labute approximate surface area is 155 Å². The maximum absolute atomic E-state index is 12.5. The van der Waals surface area contributed by atoms with Gasteiger partial charge in [0.2, 0.25) is 11.9 Å². The average molecular weight is 353 g/mol. The number of benzene rings is 1. The Hall–Kier alpha value is -2.63. The number of rotatable bonds is 7. The number of amides is 1. The van der Waals surface area contributed by atoms with Gasteiger partial charge in [-0.25, -0.2) is 9.97 Å². The van der Waals surface area contributed by atoms with E-state index in [-0.39, 0.29) is 11.8 Å². The zero-order chi connectivity index (χ0) is 18.2. The van der Waals surface area contributed by atoms with Gasteiger partial charge in [-0.1, -0.05) is 18.2 Å². The monoisotopic (exact) mass is 353 g/mol. The number of piperidine rings is 1. The van der Waals surface area contributed by atoms with Crippen LogP contribution in [0, 0.1) is 5.92 Å². The van der Waals surface area contributed by atoms with E-state index in [1.165, 1.54) is 5.69 Å². The Balaban J connectivity index is 1.40. The fourth-order valence-electron chi connectivity index (χ4n) is 3.31. The van der Waals surface area contributed by atoms with Crippen molar-refractivity contribution in [2.45, 2.75) is 19.3 Å². The topological polar surface area (TPSA) is 61.4 Å². The quantitative estimate of drug-likeness (QED) is 0.774. The summed E-state index contributed by atoms with van der Waals surface area (Å²) < 4.78 is 0. The first-order valence-corrected chi connectivity index (χ1v) is 9.30. The molecular weight excluding hydrogens is 326 g/mol. The van der Waals surface area contributed by atoms with Gasteiger partial charge >= 0.3 is 0 Å². The van der Waals surface area contributed by atoms with Gasteiger partial charge in [-0.3, -0.25) is 4.79 Å². The highest BCUT2D eigenvalue weighted by molar-refractivity contribution is 5.79. The van der Waals surface area contributed by atoms with Gasteiger partial charge in [0.05, 0.1) is 5.92 Å². The average Bonchev–Trinajstić information content (AvgIpc) is 2.72. The highest BCUT2D eigenvalue weighted by Crippen LogP contribution is 2.20. The minimum Gasteiger partial charge on any atom is -0.375 e. The van der Waals surface area contributed by atoms with E-state index in [0.717, 1.165) is 38.3 Å². The summed E-state index contributed by atoms with van der Waals surface area (Å²) in [6.45, 7) is 3.22. The minimum atomic E-state index is 0.0133. The molecule has 1 N–H and O–H groups in total. The fraction of sp³-hybridized carbons (Fsp3) is 0.450. The molecule has 1 fully saturated rings. The number of nitrogens with zero attached hydrogens (tertiary/aromatic N) is 4. The van der Waals surface area contributed by atoms with Crippen LogP contribution >= 0.6 is 0 Å². The summed E-state index contributed by atoms with van der Waals surface area (Å²) >= 11 is 0. The lowest BCUT2D eigenvalue weighted by molar-refractivity contribution is -0.125. The van der Waals surface area contributed by atoms with Gasteiger partial charge in [0, 0.05) is 51.3 Å². The molecule has 138 valence electrons. The molecule has 1 aliphatic rings. The molecule has 6 nitrogen and oxygen atoms in total. The summed E-state index contributed by atoms with van der Waals surface area (Å²) in [5.41, 5.74) is 1.20. The number of para-hydroxylation sites is 1. The van der Waals surface area contributed by atoms with Gasteiger partial charge in [0.25, 0.3) is 0 Å². The second kappa shape index (κ2) is 9.17. The van der Waals surface area contributed by atoms with Gasteiger partial charge in [0.15, 0.2) is 0 Å². The lowest BCUT2D eigenvalue weighted by atomic mass is 9.97. The van der Waals surface area contributed by atoms with Crippen molar-refractivity contribution in [1.82, 2.24) is 15.3 Å². The fourth-order valence-corrected chi connectivity index (χ4v) is 3.31. The van der Waals surface area contributed by atoms with E-state index in [2.05, 4.69) is 44.3 Å². The van der Waals surface area contributed by atoms with Gasteiger partial charge in [-0.15, -0.1) is 0 Å². The minimum absolute atomic E-state index is 0.0133. The molecule has 1 aliphatic heterocycles. The molecule has 1 aromatic carbocycles. The van der Waals surface area contributed by atoms with Crippen molar-refractivity contribution >= 4 is 17.5 Å². The molecule has 1 saturated heterocycles. The van der Waals surface area contributed by atoms with Crippen molar-refractivity contribution in [2.24, 2.45) is 5.92 Å². The molecule has 26 heavy (non-hydrogen) atoms. The molecule has 0 spiro atoms. The van der Waals surface area contributed by atoms with E-state index < -0.39 is 0 Å². The van der Waals surface area contributed by atoms with Gasteiger partial charge < -0.3 is 15.1 Å². The zero-order valence-electron chi connectivity index (χ0n) is 15.3. The second-order valence-electron chi connectivity index (χ2n) is 6.74. The summed E-state index contributed by atoms with van der Waals surface area (Å²) in [6, 6.07) is 12.1. The van der Waals surface area contributed by atoms with Crippen LogP contribution in [0.3, 0.4) is 0 Å². The third kappa shape index (κ3) is 4.94. The molecule has 0 saturated carbocycles. The van der Waals surface area contributed by atoms with Crippen LogP contribution in [0.5, 0.6) is 0 Å². The van der Waals surface area contributed by atoms with Crippen LogP contribution in [0.4, 0.5) is 11.6 Å². The first kappa shape index (κ1) is 18.2. The van der Waals surface area contributed by atoms with Crippen molar-refractivity contribution in [3.05, 3.63) is 48.8 Å². The lowest BCUT2D eigenvalue weighted by Crippen LogP contribution is -2.44. The van der Waals surface area contributed by atoms with E-state index >= 15 is 0 Å². The van der Waals surface area contributed by atoms with Crippen LogP contribution in [0.2, 0.25) is 0 Å². The molecule has 2 aromatic rings. The number of carbonyl (C=O) groups is 1. The number of hydrogen-bond acceptors (Lipinski definition) is 5. The molecule has 0 aliphatic carbocycles. The predicted molar refractivity (Wildman–Crippen MR) is 104 cm³/mol. The van der Waals surface area contributed by atoms with Crippen LogP contribution in [0.1, 0.15) is 19.3 Å². The zero-order valence-corrected chi connectivity index (χ0v) is 15.3. The second-order valence-corrected chi connectivity index (χ2v) is 6.74. The Morgan fingerprint density at radius 1 is 1.23 bits per heavy atom. The Kier molecular flexibility index (Phi) is 6.41. The molecular formula is C20H27N5O. The highest BCUT2D eigenvalue weighted by atomic mass is 16.1. The third-order valence-electron chi connectivity index (χ3n) is 4.79. The number of nitrogens with one attached hydrogen (secondary N) is 1. The molecule has 1 atom stereocenters. The SMILES string of the molecule is CN(CCCNC(=O)C1CCCN(c2ncccn2)C1)c1ccccc1. The van der Waals surface area contributed by atoms with Crippen molar-refractivity contribution in [3.8, 4) is 0 Å². The smallest absolute Gasteiger partial charge is 0.225 e. The van der Waals surface area contributed by atoms with Gasteiger partial charge in [-0.2, -0.15) is 0 Å². The molecule has 0 radical (unpaired) electrons. The van der Waals surface area contributed by atoms with Crippen LogP contribution in [0.25, 0.3) is 0 Å². The first-order valence-electron chi connectivity index (χ1n) is 9.30. The highest BCUT2D eigenvalue weighted by Gasteiger charge is 2.26. The Bertz CT molecular complexity index is 679. The molecule has 0 bridgehead atoms. The van der Waals surface area contributed by atoms with E-state index in [0.29, 0.717) is 13.1 Å². The number of hydrogen-bond donors (Lipinski definition) is 1.